The van der Waals surface area contributed by atoms with Gasteiger partial charge in [-0.25, -0.2) is 0 Å². The van der Waals surface area contributed by atoms with Crippen LogP contribution in [-0.2, 0) is 0 Å². The van der Waals surface area contributed by atoms with Crippen LogP contribution in [0.1, 0.15) is 0 Å². The molecule has 0 fully saturated rings. The van der Waals surface area contributed by atoms with Gasteiger partial charge in [0.1, 0.15) is 5.58 Å². The smallest absolute Gasteiger partial charge is 0.270 e. The summed E-state index contributed by atoms with van der Waals surface area (Å²) in [5.74, 6) is 0.285. The standard InChI is InChI=1S/C12H8N2O3S/c13-12-11(10-2-1-5-18-10)8-6-7(14(15)16)3-4-9(8)17-12/h1-6H,13H2. The van der Waals surface area contributed by atoms with Crippen molar-refractivity contribution in [3.05, 3.63) is 45.8 Å². The zero-order valence-corrected chi connectivity index (χ0v) is 9.94. The molecular formula is C12H8N2O3S. The van der Waals surface area contributed by atoms with Gasteiger partial charge in [-0.1, -0.05) is 6.07 Å². The molecule has 1 aromatic carbocycles. The quantitative estimate of drug-likeness (QED) is 0.563. The van der Waals surface area contributed by atoms with Crippen LogP contribution in [0.3, 0.4) is 0 Å². The number of anilines is 1. The van der Waals surface area contributed by atoms with Crippen LogP contribution in [0, 0.1) is 10.1 Å². The number of rotatable bonds is 2. The highest BCUT2D eigenvalue weighted by atomic mass is 32.1. The predicted molar refractivity (Wildman–Crippen MR) is 70.6 cm³/mol. The maximum absolute atomic E-state index is 10.8. The summed E-state index contributed by atoms with van der Waals surface area (Å²) >= 11 is 1.51. The second kappa shape index (κ2) is 3.85. The van der Waals surface area contributed by atoms with E-state index in [9.17, 15) is 10.1 Å². The number of hydrogen-bond acceptors (Lipinski definition) is 5. The molecule has 5 nitrogen and oxygen atoms in total. The van der Waals surface area contributed by atoms with Crippen LogP contribution in [0.5, 0.6) is 0 Å². The number of nitro benzene ring substituents is 1. The zero-order valence-electron chi connectivity index (χ0n) is 9.12. The molecule has 18 heavy (non-hydrogen) atoms. The topological polar surface area (TPSA) is 82.3 Å². The number of thiophene rings is 1. The van der Waals surface area contributed by atoms with Crippen LogP contribution >= 0.6 is 11.3 Å². The molecule has 0 aliphatic rings. The summed E-state index contributed by atoms with van der Waals surface area (Å²) in [5.41, 5.74) is 7.15. The molecule has 0 saturated carbocycles. The molecule has 0 atom stereocenters. The van der Waals surface area contributed by atoms with Crippen molar-refractivity contribution < 1.29 is 9.34 Å². The van der Waals surface area contributed by atoms with Crippen molar-refractivity contribution in [2.24, 2.45) is 0 Å². The number of nitrogens with two attached hydrogens (primary N) is 1. The summed E-state index contributed by atoms with van der Waals surface area (Å²) in [5, 5.41) is 13.4. The van der Waals surface area contributed by atoms with Gasteiger partial charge >= 0.3 is 0 Å². The number of nitro groups is 1. The first kappa shape index (κ1) is 10.8. The lowest BCUT2D eigenvalue weighted by molar-refractivity contribution is -0.384. The van der Waals surface area contributed by atoms with Crippen LogP contribution in [0.15, 0.2) is 40.1 Å². The van der Waals surface area contributed by atoms with Crippen molar-refractivity contribution in [1.82, 2.24) is 0 Å². The third-order valence-electron chi connectivity index (χ3n) is 2.68. The van der Waals surface area contributed by atoms with Gasteiger partial charge in [0.15, 0.2) is 5.88 Å². The molecule has 0 aliphatic heterocycles. The monoisotopic (exact) mass is 260 g/mol. The van der Waals surface area contributed by atoms with Crippen LogP contribution in [0.25, 0.3) is 21.4 Å². The third kappa shape index (κ3) is 1.54. The van der Waals surface area contributed by atoms with E-state index < -0.39 is 4.92 Å². The minimum absolute atomic E-state index is 0.0288. The number of benzene rings is 1. The molecule has 0 spiro atoms. The normalized spacial score (nSPS) is 10.9. The van der Waals surface area contributed by atoms with Gasteiger partial charge in [-0.3, -0.25) is 10.1 Å². The van der Waals surface area contributed by atoms with Crippen LogP contribution in [0.2, 0.25) is 0 Å². The molecule has 0 radical (unpaired) electrons. The molecule has 0 saturated heterocycles. The molecule has 0 unspecified atom stereocenters. The first-order valence-corrected chi connectivity index (χ1v) is 6.05. The van der Waals surface area contributed by atoms with Crippen molar-refractivity contribution in [2.45, 2.75) is 0 Å². The van der Waals surface area contributed by atoms with E-state index >= 15 is 0 Å². The summed E-state index contributed by atoms with van der Waals surface area (Å²) < 4.78 is 5.42. The Labute approximate surface area is 106 Å². The van der Waals surface area contributed by atoms with Crippen molar-refractivity contribution in [3.8, 4) is 10.4 Å². The van der Waals surface area contributed by atoms with E-state index in [-0.39, 0.29) is 11.6 Å². The lowest BCUT2D eigenvalue weighted by Crippen LogP contribution is -1.87. The third-order valence-corrected chi connectivity index (χ3v) is 3.56. The minimum atomic E-state index is -0.430. The Hall–Kier alpha value is -2.34. The van der Waals surface area contributed by atoms with Crippen LogP contribution in [0.4, 0.5) is 11.6 Å². The van der Waals surface area contributed by atoms with Crippen molar-refractivity contribution >= 4 is 33.9 Å². The summed E-state index contributed by atoms with van der Waals surface area (Å²) in [6.45, 7) is 0. The second-order valence-corrected chi connectivity index (χ2v) is 4.70. The molecule has 3 rings (SSSR count). The van der Waals surface area contributed by atoms with Gasteiger partial charge in [-0.2, -0.15) is 0 Å². The van der Waals surface area contributed by atoms with Gasteiger partial charge in [0.05, 0.1) is 10.5 Å². The average molecular weight is 260 g/mol. The van der Waals surface area contributed by atoms with Crippen LogP contribution < -0.4 is 5.73 Å². The summed E-state index contributed by atoms with van der Waals surface area (Å²) in [6.07, 6.45) is 0. The highest BCUT2D eigenvalue weighted by molar-refractivity contribution is 7.13. The average Bonchev–Trinajstić information content (AvgIpc) is 2.93. The number of nitrogens with zero attached hydrogens (tertiary/aromatic N) is 1. The van der Waals surface area contributed by atoms with E-state index in [2.05, 4.69) is 0 Å². The number of hydrogen-bond donors (Lipinski definition) is 1. The van der Waals surface area contributed by atoms with Gasteiger partial charge in [0.2, 0.25) is 0 Å². The maximum Gasteiger partial charge on any atom is 0.270 e. The Bertz CT molecular complexity index is 731. The number of non-ortho nitro benzene ring substituents is 1. The Morgan fingerprint density at radius 1 is 1.33 bits per heavy atom. The molecule has 0 amide bonds. The fraction of sp³-hybridized carbons (Fsp3) is 0. The van der Waals surface area contributed by atoms with Crippen LogP contribution in [-0.4, -0.2) is 4.92 Å². The molecule has 90 valence electrons. The molecule has 2 heterocycles. The number of nitrogen functional groups attached to an aromatic ring is 1. The number of furan rings is 1. The van der Waals surface area contributed by atoms with Gasteiger partial charge in [0, 0.05) is 22.4 Å². The highest BCUT2D eigenvalue weighted by Gasteiger charge is 2.17. The SMILES string of the molecule is Nc1oc2ccc([N+](=O)[O-])cc2c1-c1cccs1. The fourth-order valence-corrected chi connectivity index (χ4v) is 2.68. The van der Waals surface area contributed by atoms with E-state index in [1.807, 2.05) is 17.5 Å². The van der Waals surface area contributed by atoms with Crippen molar-refractivity contribution in [2.75, 3.05) is 5.73 Å². The van der Waals surface area contributed by atoms with E-state index in [0.717, 1.165) is 10.4 Å². The fourth-order valence-electron chi connectivity index (χ4n) is 1.89. The Balaban J connectivity index is 2.33. The summed E-state index contributed by atoms with van der Waals surface area (Å²) in [4.78, 5) is 11.3. The van der Waals surface area contributed by atoms with Gasteiger partial charge in [-0.05, 0) is 17.5 Å². The van der Waals surface area contributed by atoms with Crippen molar-refractivity contribution in [1.29, 1.82) is 0 Å². The van der Waals surface area contributed by atoms with E-state index in [1.165, 1.54) is 23.5 Å². The van der Waals surface area contributed by atoms with E-state index in [0.29, 0.717) is 11.0 Å². The van der Waals surface area contributed by atoms with Gasteiger partial charge < -0.3 is 10.2 Å². The van der Waals surface area contributed by atoms with Crippen molar-refractivity contribution in [3.63, 3.8) is 0 Å². The van der Waals surface area contributed by atoms with Gasteiger partial charge in [-0.15, -0.1) is 11.3 Å². The minimum Gasteiger partial charge on any atom is -0.440 e. The van der Waals surface area contributed by atoms with Gasteiger partial charge in [0.25, 0.3) is 5.69 Å². The summed E-state index contributed by atoms with van der Waals surface area (Å²) in [6, 6.07) is 8.27. The predicted octanol–water partition coefficient (Wildman–Crippen LogP) is 3.65. The number of fused-ring (bicyclic) bond motifs is 1. The Kier molecular flexibility index (Phi) is 2.31. The second-order valence-electron chi connectivity index (χ2n) is 3.76. The molecule has 2 aromatic heterocycles. The first-order chi connectivity index (χ1) is 8.66. The Morgan fingerprint density at radius 3 is 2.83 bits per heavy atom. The Morgan fingerprint density at radius 2 is 2.17 bits per heavy atom. The summed E-state index contributed by atoms with van der Waals surface area (Å²) in [7, 11) is 0. The molecule has 2 N–H and O–H groups in total. The lowest BCUT2D eigenvalue weighted by Gasteiger charge is -1.95. The highest BCUT2D eigenvalue weighted by Crippen LogP contribution is 2.40. The molecule has 0 aliphatic carbocycles. The maximum atomic E-state index is 10.8. The first-order valence-electron chi connectivity index (χ1n) is 5.17. The largest absolute Gasteiger partial charge is 0.440 e. The lowest BCUT2D eigenvalue weighted by atomic mass is 10.1. The molecule has 6 heteroatoms. The zero-order chi connectivity index (χ0) is 12.7. The van der Waals surface area contributed by atoms with E-state index in [4.69, 9.17) is 10.2 Å². The molecular weight excluding hydrogens is 252 g/mol. The van der Waals surface area contributed by atoms with E-state index in [1.54, 1.807) is 6.07 Å². The molecule has 3 aromatic rings. The molecule has 0 bridgehead atoms.